The highest BCUT2D eigenvalue weighted by atomic mass is 35.5. The molecule has 0 spiro atoms. The number of rotatable bonds is 2. The molecule has 1 aliphatic rings. The van der Waals surface area contributed by atoms with Crippen LogP contribution in [0.3, 0.4) is 0 Å². The molecule has 2 aromatic heterocycles. The summed E-state index contributed by atoms with van der Waals surface area (Å²) in [7, 11) is 0. The van der Waals surface area contributed by atoms with Crippen LogP contribution in [0.4, 0.5) is 22.0 Å². The lowest BCUT2D eigenvalue weighted by atomic mass is 9.99. The lowest BCUT2D eigenvalue weighted by Gasteiger charge is -2.16. The molecule has 0 unspecified atom stereocenters. The van der Waals surface area contributed by atoms with E-state index in [0.717, 1.165) is 29.1 Å². The number of benzene rings is 1. The number of aromatic carboxylic acids is 1. The van der Waals surface area contributed by atoms with Crippen molar-refractivity contribution >= 4 is 23.3 Å². The average Bonchev–Trinajstić information content (AvgIpc) is 3.07. The van der Waals surface area contributed by atoms with Crippen molar-refractivity contribution in [2.45, 2.75) is 19.1 Å². The van der Waals surface area contributed by atoms with E-state index in [2.05, 4.69) is 20.1 Å². The van der Waals surface area contributed by atoms with Gasteiger partial charge in [-0.2, -0.15) is 13.2 Å². The Morgan fingerprint density at radius 2 is 1.84 bits per heavy atom. The van der Waals surface area contributed by atoms with Crippen LogP contribution in [0.15, 0.2) is 29.4 Å². The highest BCUT2D eigenvalue weighted by molar-refractivity contribution is 6.37. The van der Waals surface area contributed by atoms with Gasteiger partial charge in [-0.15, -0.1) is 5.10 Å². The maximum absolute atomic E-state index is 14.6. The molecule has 0 radical (unpaired) electrons. The van der Waals surface area contributed by atoms with Crippen LogP contribution in [0.1, 0.15) is 46.2 Å². The number of pyridine rings is 1. The minimum Gasteiger partial charge on any atom is -0.475 e. The number of aromatic nitrogens is 4. The fourth-order valence-electron chi connectivity index (χ4n) is 3.15. The zero-order valence-corrected chi connectivity index (χ0v) is 16.0. The Kier molecular flexibility index (Phi) is 4.76. The largest absolute Gasteiger partial charge is 0.475 e. The smallest absolute Gasteiger partial charge is 0.434 e. The number of carbonyl (C=O) groups is 1. The summed E-state index contributed by atoms with van der Waals surface area (Å²) in [6.45, 7) is 1.41. The number of fused-ring (bicyclic) bond motifs is 3. The van der Waals surface area contributed by atoms with Gasteiger partial charge >= 0.3 is 12.1 Å². The highest BCUT2D eigenvalue weighted by Crippen LogP contribution is 2.40. The molecule has 1 atom stereocenters. The molecule has 0 saturated carbocycles. The Hall–Kier alpha value is -3.41. The van der Waals surface area contributed by atoms with Crippen LogP contribution in [0.5, 0.6) is 0 Å². The van der Waals surface area contributed by atoms with E-state index in [1.807, 2.05) is 0 Å². The Labute approximate surface area is 174 Å². The van der Waals surface area contributed by atoms with E-state index in [4.69, 9.17) is 11.6 Å². The summed E-state index contributed by atoms with van der Waals surface area (Å²) in [6, 6.07) is 1.86. The summed E-state index contributed by atoms with van der Waals surface area (Å²) in [5.41, 5.74) is -3.51. The molecule has 3 aromatic rings. The predicted molar refractivity (Wildman–Crippen MR) is 96.5 cm³/mol. The van der Waals surface area contributed by atoms with Gasteiger partial charge in [0.05, 0.1) is 28.2 Å². The normalized spacial score (nSPS) is 15.7. The van der Waals surface area contributed by atoms with E-state index in [1.165, 1.54) is 6.92 Å². The van der Waals surface area contributed by atoms with Crippen LogP contribution < -0.4 is 0 Å². The van der Waals surface area contributed by atoms with E-state index < -0.39 is 63.2 Å². The first-order valence-electron chi connectivity index (χ1n) is 8.49. The quantitative estimate of drug-likeness (QED) is 0.581. The Balaban J connectivity index is 2.13. The number of alkyl halides is 3. The van der Waals surface area contributed by atoms with Gasteiger partial charge in [0.2, 0.25) is 0 Å². The molecular weight excluding hydrogens is 449 g/mol. The molecule has 160 valence electrons. The van der Waals surface area contributed by atoms with Crippen LogP contribution in [-0.4, -0.2) is 36.5 Å². The minimum absolute atomic E-state index is 0.0944. The minimum atomic E-state index is -4.99. The lowest BCUT2D eigenvalue weighted by molar-refractivity contribution is -0.141. The molecule has 0 bridgehead atoms. The van der Waals surface area contributed by atoms with Crippen LogP contribution in [0.2, 0.25) is 5.02 Å². The molecule has 7 nitrogen and oxygen atoms in total. The molecule has 1 N–H and O–H groups in total. The van der Waals surface area contributed by atoms with Crippen LogP contribution in [0, 0.1) is 11.6 Å². The van der Waals surface area contributed by atoms with Crippen molar-refractivity contribution in [2.24, 2.45) is 4.99 Å². The van der Waals surface area contributed by atoms with Gasteiger partial charge in [-0.1, -0.05) is 17.7 Å². The van der Waals surface area contributed by atoms with Gasteiger partial charge in [-0.05, 0) is 19.1 Å². The Morgan fingerprint density at radius 3 is 2.42 bits per heavy atom. The standard InChI is InChI=1S/C18H9ClF5N5O2/c1-6-16-27-15(17(30)31)28-29(16)9-5-25-14(18(22,23)24)12(19)11(9)13(26-6)10-7(20)3-2-4-8(10)21/h2-6H,1H3,(H,30,31)/t6-/m0/s1. The Bertz CT molecular complexity index is 1250. The van der Waals surface area contributed by atoms with Crippen LogP contribution in [0.25, 0.3) is 5.69 Å². The first-order valence-corrected chi connectivity index (χ1v) is 8.87. The molecular formula is C18H9ClF5N5O2. The van der Waals surface area contributed by atoms with Crippen molar-refractivity contribution in [2.75, 3.05) is 0 Å². The maximum atomic E-state index is 14.6. The number of carboxylic acids is 1. The number of halogens is 6. The summed E-state index contributed by atoms with van der Waals surface area (Å²) in [5, 5.41) is 12.0. The second kappa shape index (κ2) is 7.08. The molecule has 13 heteroatoms. The third-order valence-corrected chi connectivity index (χ3v) is 4.82. The third-order valence-electron chi connectivity index (χ3n) is 4.45. The number of hydrogen-bond acceptors (Lipinski definition) is 5. The SMILES string of the molecule is C[C@@H]1N=C(c2c(F)cccc2F)c2c(cnc(C(F)(F)F)c2Cl)-n2nc(C(=O)O)nc21. The number of aliphatic imine (C=N–C) groups is 1. The zero-order chi connectivity index (χ0) is 22.7. The molecule has 4 rings (SSSR count). The van der Waals surface area contributed by atoms with Crippen molar-refractivity contribution in [3.63, 3.8) is 0 Å². The first-order chi connectivity index (χ1) is 14.5. The van der Waals surface area contributed by atoms with Crippen molar-refractivity contribution in [1.29, 1.82) is 0 Å². The molecule has 0 amide bonds. The summed E-state index contributed by atoms with van der Waals surface area (Å²) >= 11 is 6.03. The fraction of sp³-hybridized carbons (Fsp3) is 0.167. The lowest BCUT2D eigenvalue weighted by Crippen LogP contribution is -2.18. The zero-order valence-electron chi connectivity index (χ0n) is 15.2. The Morgan fingerprint density at radius 1 is 1.19 bits per heavy atom. The maximum Gasteiger partial charge on any atom is 0.434 e. The number of hydrogen-bond donors (Lipinski definition) is 1. The molecule has 3 heterocycles. The predicted octanol–water partition coefficient (Wildman–Crippen LogP) is 4.22. The molecule has 1 aliphatic heterocycles. The monoisotopic (exact) mass is 457 g/mol. The fourth-order valence-corrected chi connectivity index (χ4v) is 3.50. The van der Waals surface area contributed by atoms with Gasteiger partial charge in [0.1, 0.15) is 17.7 Å². The first kappa shape index (κ1) is 20.8. The van der Waals surface area contributed by atoms with Gasteiger partial charge in [0.25, 0.3) is 5.82 Å². The van der Waals surface area contributed by atoms with Crippen molar-refractivity contribution in [3.8, 4) is 5.69 Å². The van der Waals surface area contributed by atoms with Crippen molar-refractivity contribution < 1.29 is 31.9 Å². The summed E-state index contributed by atoms with van der Waals surface area (Å²) in [5.74, 6) is -4.42. The summed E-state index contributed by atoms with van der Waals surface area (Å²) in [6.07, 6.45) is -4.26. The summed E-state index contributed by atoms with van der Waals surface area (Å²) in [4.78, 5) is 22.6. The highest BCUT2D eigenvalue weighted by Gasteiger charge is 2.40. The van der Waals surface area contributed by atoms with E-state index in [1.54, 1.807) is 0 Å². The van der Waals surface area contributed by atoms with Crippen LogP contribution >= 0.6 is 11.6 Å². The van der Waals surface area contributed by atoms with Gasteiger partial charge in [0.15, 0.2) is 11.5 Å². The number of nitrogens with zero attached hydrogens (tertiary/aromatic N) is 5. The summed E-state index contributed by atoms with van der Waals surface area (Å²) < 4.78 is 70.4. The third kappa shape index (κ3) is 3.32. The second-order valence-electron chi connectivity index (χ2n) is 6.44. The van der Waals surface area contributed by atoms with Gasteiger partial charge in [-0.3, -0.25) is 4.99 Å². The van der Waals surface area contributed by atoms with E-state index in [0.29, 0.717) is 0 Å². The molecule has 0 aliphatic carbocycles. The number of carboxylic acid groups (broad SMARTS) is 1. The van der Waals surface area contributed by atoms with Crippen molar-refractivity contribution in [3.05, 3.63) is 69.5 Å². The average molecular weight is 458 g/mol. The molecule has 1 aromatic carbocycles. The van der Waals surface area contributed by atoms with Gasteiger partial charge < -0.3 is 5.11 Å². The van der Waals surface area contributed by atoms with E-state index >= 15 is 0 Å². The van der Waals surface area contributed by atoms with Crippen molar-refractivity contribution in [1.82, 2.24) is 19.7 Å². The molecule has 31 heavy (non-hydrogen) atoms. The van der Waals surface area contributed by atoms with Gasteiger partial charge in [0, 0.05) is 5.56 Å². The molecule has 0 saturated heterocycles. The molecule has 0 fully saturated rings. The topological polar surface area (TPSA) is 93.3 Å². The van der Waals surface area contributed by atoms with Gasteiger partial charge in [-0.25, -0.2) is 28.2 Å². The van der Waals surface area contributed by atoms with Crippen LogP contribution in [-0.2, 0) is 6.18 Å². The second-order valence-corrected chi connectivity index (χ2v) is 6.82. The van der Waals surface area contributed by atoms with E-state index in [9.17, 15) is 31.9 Å². The van der Waals surface area contributed by atoms with E-state index in [-0.39, 0.29) is 11.5 Å².